The van der Waals surface area contributed by atoms with Crippen LogP contribution in [0.25, 0.3) is 0 Å². The fourth-order valence-corrected chi connectivity index (χ4v) is 7.48. The van der Waals surface area contributed by atoms with Gasteiger partial charge in [-0.25, -0.2) is 0 Å². The summed E-state index contributed by atoms with van der Waals surface area (Å²) in [6, 6.07) is 11.6. The number of carbonyl (C=O) groups excluding carboxylic acids is 3. The predicted octanol–water partition coefficient (Wildman–Crippen LogP) is 3.52. The summed E-state index contributed by atoms with van der Waals surface area (Å²) >= 11 is 6.58. The van der Waals surface area contributed by atoms with Crippen molar-refractivity contribution in [3.05, 3.63) is 77.4 Å². The number of fused-ring (bicyclic) bond motifs is 2. The fourth-order valence-electron chi connectivity index (χ4n) is 7.16. The molecule has 220 valence electrons. The van der Waals surface area contributed by atoms with E-state index in [1.165, 1.54) is 4.90 Å². The van der Waals surface area contributed by atoms with Crippen LogP contribution in [0.1, 0.15) is 19.4 Å². The molecule has 2 aromatic carbocycles. The summed E-state index contributed by atoms with van der Waals surface area (Å²) in [5.74, 6) is -2.23. The quantitative estimate of drug-likeness (QED) is 0.516. The number of halogens is 1. The number of para-hydroxylation sites is 1. The lowest BCUT2D eigenvalue weighted by molar-refractivity contribution is -0.144. The monoisotopic (exact) mass is 591 g/mol. The Bertz CT molecular complexity index is 1470. The molecule has 2 saturated heterocycles. The van der Waals surface area contributed by atoms with Crippen LogP contribution in [0.3, 0.4) is 0 Å². The summed E-state index contributed by atoms with van der Waals surface area (Å²) in [6.45, 7) is 6.20. The minimum Gasteiger partial charge on any atom is -0.494 e. The molecule has 1 unspecified atom stereocenters. The van der Waals surface area contributed by atoms with Crippen molar-refractivity contribution in [2.24, 2.45) is 11.8 Å². The Labute approximate surface area is 249 Å². The number of benzene rings is 2. The fraction of sp³-hybridized carbons (Fsp3) is 0.406. The molecule has 4 aliphatic heterocycles. The van der Waals surface area contributed by atoms with Gasteiger partial charge in [0.15, 0.2) is 0 Å². The second-order valence-corrected chi connectivity index (χ2v) is 11.7. The lowest BCUT2D eigenvalue weighted by Gasteiger charge is -2.37. The van der Waals surface area contributed by atoms with E-state index in [4.69, 9.17) is 21.1 Å². The summed E-state index contributed by atoms with van der Waals surface area (Å²) < 4.78 is 12.4. The van der Waals surface area contributed by atoms with Crippen molar-refractivity contribution in [2.75, 3.05) is 42.6 Å². The SMILES string of the molecule is CCOc1ccc(N2CC=C[C@]3(C)O[C@]45C=CCN(c6c(C)cccc6Cl)C(=O)C4N(CCO)C(=O)[C@@H]5[C@@H]3C2=O)cc1. The Morgan fingerprint density at radius 1 is 0.976 bits per heavy atom. The van der Waals surface area contributed by atoms with Gasteiger partial charge in [-0.1, -0.05) is 48.0 Å². The molecule has 4 heterocycles. The highest BCUT2D eigenvalue weighted by Crippen LogP contribution is 2.57. The van der Waals surface area contributed by atoms with Crippen LogP contribution in [0.15, 0.2) is 66.8 Å². The molecule has 42 heavy (non-hydrogen) atoms. The third-order valence-electron chi connectivity index (χ3n) is 8.82. The Balaban J connectivity index is 1.44. The van der Waals surface area contributed by atoms with Crippen LogP contribution in [-0.2, 0) is 19.1 Å². The van der Waals surface area contributed by atoms with E-state index in [9.17, 15) is 19.5 Å². The molecule has 0 radical (unpaired) electrons. The van der Waals surface area contributed by atoms with E-state index in [-0.39, 0.29) is 31.5 Å². The molecule has 4 aliphatic rings. The van der Waals surface area contributed by atoms with Crippen LogP contribution < -0.4 is 14.5 Å². The molecule has 5 atom stereocenters. The number of hydrogen-bond acceptors (Lipinski definition) is 6. The van der Waals surface area contributed by atoms with Gasteiger partial charge in [0.1, 0.15) is 17.4 Å². The standard InChI is InChI=1S/C32H34ClN3O6/c1-4-41-22-12-10-21(11-13-22)34-16-6-14-31(3)24(28(34)38)25-29(39)36(18-19-37)27-30(40)35(17-7-15-32(25,27)42-31)26-20(2)8-5-9-23(26)33/h5-15,24-25,27,37H,4,16-19H2,1-3H3/t24-,25+,27?,31+,32+/m1/s1. The number of ether oxygens (including phenoxy) is 2. The molecule has 6 rings (SSSR count). The van der Waals surface area contributed by atoms with E-state index < -0.39 is 35.0 Å². The van der Waals surface area contributed by atoms with Gasteiger partial charge in [0.25, 0.3) is 5.91 Å². The average molecular weight is 592 g/mol. The average Bonchev–Trinajstić information content (AvgIpc) is 3.22. The molecule has 3 amide bonds. The summed E-state index contributed by atoms with van der Waals surface area (Å²) in [6.07, 6.45) is 7.32. The number of aryl methyl sites for hydroxylation is 1. The Morgan fingerprint density at radius 3 is 2.38 bits per heavy atom. The molecule has 10 heteroatoms. The Kier molecular flexibility index (Phi) is 7.15. The van der Waals surface area contributed by atoms with Crippen LogP contribution in [-0.4, -0.2) is 77.8 Å². The maximum Gasteiger partial charge on any atom is 0.253 e. The first-order chi connectivity index (χ1) is 20.2. The molecule has 2 fully saturated rings. The molecular formula is C32H34ClN3O6. The third kappa shape index (κ3) is 4.17. The zero-order chi connectivity index (χ0) is 29.8. The van der Waals surface area contributed by atoms with Gasteiger partial charge in [0.2, 0.25) is 11.8 Å². The Hall–Kier alpha value is -3.66. The molecule has 0 bridgehead atoms. The van der Waals surface area contributed by atoms with Crippen molar-refractivity contribution >= 4 is 40.7 Å². The third-order valence-corrected chi connectivity index (χ3v) is 9.12. The van der Waals surface area contributed by atoms with Gasteiger partial charge in [-0.3, -0.25) is 14.4 Å². The first-order valence-corrected chi connectivity index (χ1v) is 14.6. The molecule has 1 N–H and O–H groups in total. The summed E-state index contributed by atoms with van der Waals surface area (Å²) in [7, 11) is 0. The lowest BCUT2D eigenvalue weighted by atomic mass is 9.74. The summed E-state index contributed by atoms with van der Waals surface area (Å²) in [5, 5.41) is 10.4. The van der Waals surface area contributed by atoms with Crippen LogP contribution >= 0.6 is 11.6 Å². The van der Waals surface area contributed by atoms with Gasteiger partial charge in [0, 0.05) is 25.3 Å². The van der Waals surface area contributed by atoms with Gasteiger partial charge >= 0.3 is 0 Å². The molecule has 1 spiro atoms. The molecule has 0 saturated carbocycles. The zero-order valence-electron chi connectivity index (χ0n) is 23.8. The maximum absolute atomic E-state index is 14.5. The van der Waals surface area contributed by atoms with Crippen molar-refractivity contribution < 1.29 is 29.0 Å². The number of aliphatic hydroxyl groups is 1. The zero-order valence-corrected chi connectivity index (χ0v) is 24.6. The van der Waals surface area contributed by atoms with Crippen LogP contribution in [0.5, 0.6) is 5.75 Å². The Morgan fingerprint density at radius 2 is 1.69 bits per heavy atom. The number of hydrogen-bond donors (Lipinski definition) is 1. The summed E-state index contributed by atoms with van der Waals surface area (Å²) in [4.78, 5) is 47.8. The minimum atomic E-state index is -1.42. The van der Waals surface area contributed by atoms with E-state index in [2.05, 4.69) is 0 Å². The number of likely N-dealkylation sites (tertiary alicyclic amines) is 1. The van der Waals surface area contributed by atoms with E-state index in [1.54, 1.807) is 28.9 Å². The highest BCUT2D eigenvalue weighted by Gasteiger charge is 2.74. The second-order valence-electron chi connectivity index (χ2n) is 11.3. The van der Waals surface area contributed by atoms with Crippen molar-refractivity contribution in [3.63, 3.8) is 0 Å². The van der Waals surface area contributed by atoms with Gasteiger partial charge in [0.05, 0.1) is 41.4 Å². The molecule has 0 aromatic heterocycles. The van der Waals surface area contributed by atoms with Gasteiger partial charge in [-0.15, -0.1) is 0 Å². The van der Waals surface area contributed by atoms with E-state index in [0.29, 0.717) is 35.3 Å². The van der Waals surface area contributed by atoms with Crippen molar-refractivity contribution in [3.8, 4) is 5.75 Å². The van der Waals surface area contributed by atoms with Crippen LogP contribution in [0, 0.1) is 18.8 Å². The minimum absolute atomic E-state index is 0.0733. The first kappa shape index (κ1) is 28.5. The van der Waals surface area contributed by atoms with Crippen LogP contribution in [0.2, 0.25) is 5.02 Å². The summed E-state index contributed by atoms with van der Waals surface area (Å²) in [5.41, 5.74) is -0.541. The smallest absolute Gasteiger partial charge is 0.253 e. The van der Waals surface area contributed by atoms with Gasteiger partial charge in [-0.05, 0) is 56.7 Å². The van der Waals surface area contributed by atoms with Gasteiger partial charge in [-0.2, -0.15) is 0 Å². The number of rotatable bonds is 6. The topological polar surface area (TPSA) is 99.6 Å². The number of nitrogens with zero attached hydrogens (tertiary/aromatic N) is 3. The van der Waals surface area contributed by atoms with Crippen molar-refractivity contribution in [1.82, 2.24) is 4.90 Å². The van der Waals surface area contributed by atoms with Crippen molar-refractivity contribution in [1.29, 1.82) is 0 Å². The number of carbonyl (C=O) groups is 3. The number of amides is 3. The first-order valence-electron chi connectivity index (χ1n) is 14.2. The largest absolute Gasteiger partial charge is 0.494 e. The number of β-amino-alcohol motifs (C(OH)–C–C–N with tert-alkyl or cyclic N) is 1. The molecule has 9 nitrogen and oxygen atoms in total. The van der Waals surface area contributed by atoms with E-state index >= 15 is 0 Å². The highest BCUT2D eigenvalue weighted by atomic mass is 35.5. The number of anilines is 2. The molecule has 0 aliphatic carbocycles. The lowest BCUT2D eigenvalue weighted by Crippen LogP contribution is -2.56. The van der Waals surface area contributed by atoms with E-state index in [0.717, 1.165) is 5.56 Å². The van der Waals surface area contributed by atoms with Crippen LogP contribution in [0.4, 0.5) is 11.4 Å². The highest BCUT2D eigenvalue weighted by molar-refractivity contribution is 6.34. The van der Waals surface area contributed by atoms with Gasteiger partial charge < -0.3 is 29.3 Å². The predicted molar refractivity (Wildman–Crippen MR) is 159 cm³/mol. The number of aliphatic hydroxyl groups excluding tert-OH is 1. The molecular weight excluding hydrogens is 558 g/mol. The van der Waals surface area contributed by atoms with Crippen molar-refractivity contribution in [2.45, 2.75) is 38.0 Å². The van der Waals surface area contributed by atoms with E-state index in [1.807, 2.05) is 68.5 Å². The normalized spacial score (nSPS) is 30.3. The molecule has 2 aromatic rings. The second kappa shape index (κ2) is 10.6. The maximum atomic E-state index is 14.5.